The molecule has 27 heavy (non-hydrogen) atoms. The van der Waals surface area contributed by atoms with Crippen LogP contribution in [0.25, 0.3) is 0 Å². The Morgan fingerprint density at radius 2 is 2.11 bits per heavy atom. The molecule has 1 atom stereocenters. The molecule has 1 aliphatic heterocycles. The molecule has 2 heterocycles. The zero-order chi connectivity index (χ0) is 19.1. The van der Waals surface area contributed by atoms with Crippen molar-refractivity contribution in [3.63, 3.8) is 0 Å². The van der Waals surface area contributed by atoms with Crippen LogP contribution in [0.1, 0.15) is 37.5 Å². The fraction of sp³-hybridized carbons (Fsp3) is 0.350. The molecule has 6 nitrogen and oxygen atoms in total. The molecular weight excluding hydrogens is 362 g/mol. The van der Waals surface area contributed by atoms with Crippen LogP contribution in [-0.2, 0) is 11.3 Å². The second-order valence-corrected chi connectivity index (χ2v) is 7.33. The summed E-state index contributed by atoms with van der Waals surface area (Å²) in [7, 11) is 1.63. The van der Waals surface area contributed by atoms with Gasteiger partial charge in [-0.05, 0) is 36.2 Å². The lowest BCUT2D eigenvalue weighted by molar-refractivity contribution is -0.126. The van der Waals surface area contributed by atoms with Gasteiger partial charge in [-0.25, -0.2) is 0 Å². The van der Waals surface area contributed by atoms with Gasteiger partial charge >= 0.3 is 0 Å². The highest BCUT2D eigenvalue weighted by molar-refractivity contribution is 8.15. The molecule has 1 unspecified atom stereocenters. The van der Waals surface area contributed by atoms with E-state index < -0.39 is 0 Å². The second-order valence-electron chi connectivity index (χ2n) is 6.16. The minimum atomic E-state index is -0.0965. The van der Waals surface area contributed by atoms with Crippen molar-refractivity contribution in [3.8, 4) is 5.75 Å². The number of benzene rings is 1. The molecule has 3 rings (SSSR count). The van der Waals surface area contributed by atoms with Crippen LogP contribution in [0.5, 0.6) is 5.75 Å². The van der Waals surface area contributed by atoms with E-state index in [1.165, 1.54) is 11.8 Å². The van der Waals surface area contributed by atoms with Crippen LogP contribution in [0.15, 0.2) is 57.3 Å². The van der Waals surface area contributed by atoms with Gasteiger partial charge in [0.1, 0.15) is 11.5 Å². The molecule has 0 saturated carbocycles. The van der Waals surface area contributed by atoms with Crippen LogP contribution < -0.4 is 4.74 Å². The first-order chi connectivity index (χ1) is 13.2. The van der Waals surface area contributed by atoms with E-state index in [1.54, 1.807) is 36.6 Å². The SMILES string of the molecule is CCCCC1S/C(=N\N=C\c2ccco2)N(Cc2ccc(OC)cc2)C1=O. The number of carbonyl (C=O) groups excluding carboxylic acids is 1. The molecule has 1 aromatic heterocycles. The third-order valence-electron chi connectivity index (χ3n) is 4.21. The van der Waals surface area contributed by atoms with Gasteiger partial charge in [0, 0.05) is 0 Å². The molecule has 0 bridgehead atoms. The fourth-order valence-corrected chi connectivity index (χ4v) is 3.86. The van der Waals surface area contributed by atoms with Crippen LogP contribution in [0.3, 0.4) is 0 Å². The van der Waals surface area contributed by atoms with Gasteiger partial charge in [-0.3, -0.25) is 9.69 Å². The number of amidine groups is 1. The summed E-state index contributed by atoms with van der Waals surface area (Å²) in [4.78, 5) is 14.6. The highest BCUT2D eigenvalue weighted by Gasteiger charge is 2.37. The lowest BCUT2D eigenvalue weighted by Gasteiger charge is -2.16. The second kappa shape index (κ2) is 9.41. The maximum atomic E-state index is 12.9. The smallest absolute Gasteiger partial charge is 0.242 e. The summed E-state index contributed by atoms with van der Waals surface area (Å²) in [6.07, 6.45) is 6.05. The molecule has 1 aliphatic rings. The molecule has 1 saturated heterocycles. The Morgan fingerprint density at radius 3 is 2.78 bits per heavy atom. The van der Waals surface area contributed by atoms with E-state index in [2.05, 4.69) is 17.1 Å². The van der Waals surface area contributed by atoms with Crippen molar-refractivity contribution in [3.05, 3.63) is 54.0 Å². The van der Waals surface area contributed by atoms with E-state index in [-0.39, 0.29) is 11.2 Å². The molecule has 1 aromatic carbocycles. The van der Waals surface area contributed by atoms with Crippen molar-refractivity contribution in [2.24, 2.45) is 10.2 Å². The number of hydrogen-bond donors (Lipinski definition) is 0. The van der Waals surface area contributed by atoms with Gasteiger partial charge in [0.15, 0.2) is 5.17 Å². The number of unbranched alkanes of at least 4 members (excludes halogenated alkanes) is 1. The molecule has 0 radical (unpaired) electrons. The number of amides is 1. The summed E-state index contributed by atoms with van der Waals surface area (Å²) < 4.78 is 10.4. The topological polar surface area (TPSA) is 67.4 Å². The molecular formula is C20H23N3O3S. The summed E-state index contributed by atoms with van der Waals surface area (Å²) in [5.74, 6) is 1.51. The zero-order valence-corrected chi connectivity index (χ0v) is 16.3. The molecule has 0 aliphatic carbocycles. The van der Waals surface area contributed by atoms with E-state index >= 15 is 0 Å². The lowest BCUT2D eigenvalue weighted by Crippen LogP contribution is -2.31. The van der Waals surface area contributed by atoms with Crippen molar-refractivity contribution >= 4 is 29.1 Å². The van der Waals surface area contributed by atoms with Crippen molar-refractivity contribution in [1.29, 1.82) is 0 Å². The Bertz CT molecular complexity index is 800. The number of furan rings is 1. The number of methoxy groups -OCH3 is 1. The first-order valence-corrected chi connectivity index (χ1v) is 9.84. The molecule has 7 heteroatoms. The van der Waals surface area contributed by atoms with Gasteiger partial charge in [-0.15, -0.1) is 5.10 Å². The van der Waals surface area contributed by atoms with Crippen LogP contribution in [0.2, 0.25) is 0 Å². The lowest BCUT2D eigenvalue weighted by atomic mass is 10.1. The third-order valence-corrected chi connectivity index (χ3v) is 5.45. The first-order valence-electron chi connectivity index (χ1n) is 8.96. The Labute approximate surface area is 163 Å². The minimum absolute atomic E-state index is 0.0937. The van der Waals surface area contributed by atoms with E-state index in [4.69, 9.17) is 9.15 Å². The van der Waals surface area contributed by atoms with Gasteiger partial charge in [0.05, 0.1) is 31.4 Å². The van der Waals surface area contributed by atoms with Crippen molar-refractivity contribution in [2.75, 3.05) is 7.11 Å². The predicted molar refractivity (Wildman–Crippen MR) is 108 cm³/mol. The minimum Gasteiger partial charge on any atom is -0.497 e. The first kappa shape index (κ1) is 19.2. The molecule has 142 valence electrons. The third kappa shape index (κ3) is 5.01. The Morgan fingerprint density at radius 1 is 1.30 bits per heavy atom. The van der Waals surface area contributed by atoms with E-state index in [9.17, 15) is 4.79 Å². The number of hydrogen-bond acceptors (Lipinski definition) is 6. The van der Waals surface area contributed by atoms with E-state index in [0.29, 0.717) is 17.5 Å². The predicted octanol–water partition coefficient (Wildman–Crippen LogP) is 4.31. The van der Waals surface area contributed by atoms with Crippen LogP contribution >= 0.6 is 11.8 Å². The maximum absolute atomic E-state index is 12.9. The Hall–Kier alpha value is -2.54. The van der Waals surface area contributed by atoms with Gasteiger partial charge in [-0.1, -0.05) is 43.7 Å². The summed E-state index contributed by atoms with van der Waals surface area (Å²) >= 11 is 1.49. The highest BCUT2D eigenvalue weighted by Crippen LogP contribution is 2.32. The van der Waals surface area contributed by atoms with Crippen molar-refractivity contribution < 1.29 is 13.9 Å². The number of ether oxygens (including phenoxy) is 1. The number of carbonyl (C=O) groups is 1. The quantitative estimate of drug-likeness (QED) is 0.501. The molecule has 0 spiro atoms. The maximum Gasteiger partial charge on any atom is 0.242 e. The van der Waals surface area contributed by atoms with Crippen LogP contribution in [-0.4, -0.2) is 34.5 Å². The normalized spacial score (nSPS) is 18.7. The van der Waals surface area contributed by atoms with E-state index in [0.717, 1.165) is 30.6 Å². The summed E-state index contributed by atoms with van der Waals surface area (Å²) in [6, 6.07) is 11.3. The van der Waals surface area contributed by atoms with Gasteiger partial charge in [0.2, 0.25) is 5.91 Å². The zero-order valence-electron chi connectivity index (χ0n) is 15.5. The summed E-state index contributed by atoms with van der Waals surface area (Å²) in [5.41, 5.74) is 1.02. The molecule has 1 fully saturated rings. The summed E-state index contributed by atoms with van der Waals surface area (Å²) in [6.45, 7) is 2.59. The average molecular weight is 385 g/mol. The number of rotatable bonds is 8. The van der Waals surface area contributed by atoms with E-state index in [1.807, 2.05) is 24.3 Å². The van der Waals surface area contributed by atoms with Crippen molar-refractivity contribution in [2.45, 2.75) is 38.0 Å². The monoisotopic (exact) mass is 385 g/mol. The van der Waals surface area contributed by atoms with Crippen LogP contribution in [0.4, 0.5) is 0 Å². The van der Waals surface area contributed by atoms with Gasteiger partial charge in [-0.2, -0.15) is 5.10 Å². The Kier molecular flexibility index (Phi) is 6.70. The molecule has 0 N–H and O–H groups in total. The molecule has 2 aromatic rings. The Balaban J connectivity index is 1.77. The highest BCUT2D eigenvalue weighted by atomic mass is 32.2. The fourth-order valence-electron chi connectivity index (χ4n) is 2.72. The van der Waals surface area contributed by atoms with Gasteiger partial charge < -0.3 is 9.15 Å². The van der Waals surface area contributed by atoms with Crippen LogP contribution in [0, 0.1) is 0 Å². The number of nitrogens with zero attached hydrogens (tertiary/aromatic N) is 3. The largest absolute Gasteiger partial charge is 0.497 e. The van der Waals surface area contributed by atoms with Gasteiger partial charge in [0.25, 0.3) is 0 Å². The summed E-state index contributed by atoms with van der Waals surface area (Å²) in [5, 5.41) is 8.91. The molecule has 1 amide bonds. The average Bonchev–Trinajstić information content (AvgIpc) is 3.31. The standard InChI is InChI=1S/C20H23N3O3S/c1-3-4-7-18-19(24)23(14-15-8-10-16(25-2)11-9-15)20(27-18)22-21-13-17-6-5-12-26-17/h5-6,8-13,18H,3-4,7,14H2,1-2H3/b21-13+,22-20-. The number of thioether (sulfide) groups is 1. The van der Waals surface area contributed by atoms with Crippen molar-refractivity contribution in [1.82, 2.24) is 4.90 Å².